The number of aromatic nitrogens is 1. The topological polar surface area (TPSA) is 81.6 Å². The van der Waals surface area contributed by atoms with E-state index in [-0.39, 0.29) is 0 Å². The van der Waals surface area contributed by atoms with Crippen molar-refractivity contribution in [3.63, 3.8) is 0 Å². The first-order valence-corrected chi connectivity index (χ1v) is 8.41. The van der Waals surface area contributed by atoms with E-state index in [9.17, 15) is 4.79 Å². The zero-order chi connectivity index (χ0) is 18.5. The first-order valence-electron chi connectivity index (χ1n) is 8.41. The van der Waals surface area contributed by atoms with Crippen LogP contribution < -0.4 is 15.9 Å². The summed E-state index contributed by atoms with van der Waals surface area (Å²) in [4.78, 5) is 10.8. The highest BCUT2D eigenvalue weighted by molar-refractivity contribution is 5.99. The highest BCUT2D eigenvalue weighted by atomic mass is 16.5. The Balaban J connectivity index is 1.74. The molecule has 2 amide bonds. The molecule has 0 aliphatic heterocycles. The molecule has 0 aliphatic carbocycles. The van der Waals surface area contributed by atoms with Gasteiger partial charge >= 0.3 is 6.03 Å². The maximum Gasteiger partial charge on any atom is 0.332 e. The number of ether oxygens (including phenoxy) is 1. The molecule has 3 rings (SSSR count). The van der Waals surface area contributed by atoms with E-state index in [4.69, 9.17) is 10.5 Å². The van der Waals surface area contributed by atoms with E-state index < -0.39 is 6.03 Å². The zero-order valence-corrected chi connectivity index (χ0v) is 14.9. The van der Waals surface area contributed by atoms with Crippen molar-refractivity contribution in [2.45, 2.75) is 20.4 Å². The van der Waals surface area contributed by atoms with Gasteiger partial charge in [-0.25, -0.2) is 10.2 Å². The van der Waals surface area contributed by atoms with Gasteiger partial charge < -0.3 is 15.0 Å². The molecule has 2 aromatic carbocycles. The molecule has 3 N–H and O–H groups in total. The number of hydrogen-bond donors (Lipinski definition) is 2. The van der Waals surface area contributed by atoms with Crippen molar-refractivity contribution >= 4 is 23.1 Å². The number of carbonyl (C=O) groups is 1. The molecule has 134 valence electrons. The summed E-state index contributed by atoms with van der Waals surface area (Å²) < 4.78 is 8.00. The van der Waals surface area contributed by atoms with Gasteiger partial charge in [0.2, 0.25) is 0 Å². The molecule has 0 saturated carbocycles. The first kappa shape index (κ1) is 17.5. The van der Waals surface area contributed by atoms with E-state index in [0.717, 1.165) is 22.2 Å². The molecule has 0 unspecified atom stereocenters. The average molecular weight is 350 g/mol. The largest absolute Gasteiger partial charge is 0.492 e. The number of hydrazone groups is 1. The molecule has 0 bridgehead atoms. The number of nitrogens with two attached hydrogens (primary N) is 1. The minimum absolute atomic E-state index is 0.553. The molecule has 6 nitrogen and oxygen atoms in total. The number of hydrogen-bond acceptors (Lipinski definition) is 3. The van der Waals surface area contributed by atoms with Crippen LogP contribution in [0, 0.1) is 13.8 Å². The highest BCUT2D eigenvalue weighted by Crippen LogP contribution is 2.21. The summed E-state index contributed by atoms with van der Waals surface area (Å²) in [6.07, 6.45) is 3.58. The van der Waals surface area contributed by atoms with Crippen molar-refractivity contribution in [3.05, 3.63) is 65.4 Å². The molecule has 0 aliphatic rings. The van der Waals surface area contributed by atoms with E-state index >= 15 is 0 Å². The number of urea groups is 1. The Kier molecular flexibility index (Phi) is 5.22. The second-order valence-corrected chi connectivity index (χ2v) is 6.12. The molecular formula is C20H22N4O2. The summed E-state index contributed by atoms with van der Waals surface area (Å²) in [5.74, 6) is 0.872. The fourth-order valence-electron chi connectivity index (χ4n) is 2.79. The van der Waals surface area contributed by atoms with E-state index in [2.05, 4.69) is 41.1 Å². The Morgan fingerprint density at radius 1 is 1.23 bits per heavy atom. The third-order valence-corrected chi connectivity index (χ3v) is 4.28. The van der Waals surface area contributed by atoms with Crippen LogP contribution >= 0.6 is 0 Å². The zero-order valence-electron chi connectivity index (χ0n) is 14.9. The molecule has 0 atom stereocenters. The fourth-order valence-corrected chi connectivity index (χ4v) is 2.79. The van der Waals surface area contributed by atoms with Crippen molar-refractivity contribution in [1.29, 1.82) is 0 Å². The van der Waals surface area contributed by atoms with Gasteiger partial charge in [-0.1, -0.05) is 24.3 Å². The number of para-hydroxylation sites is 1. The minimum atomic E-state index is -0.688. The maximum absolute atomic E-state index is 10.8. The molecule has 26 heavy (non-hydrogen) atoms. The van der Waals surface area contributed by atoms with Gasteiger partial charge in [0.25, 0.3) is 0 Å². The molecular weight excluding hydrogens is 328 g/mol. The second kappa shape index (κ2) is 7.74. The van der Waals surface area contributed by atoms with Crippen molar-refractivity contribution in [1.82, 2.24) is 9.99 Å². The Hall–Kier alpha value is -3.28. The van der Waals surface area contributed by atoms with E-state index in [1.54, 1.807) is 6.21 Å². The molecule has 3 aromatic rings. The van der Waals surface area contributed by atoms with Gasteiger partial charge in [-0.05, 0) is 43.2 Å². The Morgan fingerprint density at radius 3 is 2.81 bits per heavy atom. The average Bonchev–Trinajstić information content (AvgIpc) is 2.96. The Bertz CT molecular complexity index is 960. The third kappa shape index (κ3) is 4.03. The Labute approximate surface area is 152 Å². The van der Waals surface area contributed by atoms with E-state index in [1.165, 1.54) is 11.1 Å². The summed E-state index contributed by atoms with van der Waals surface area (Å²) >= 11 is 0. The summed E-state index contributed by atoms with van der Waals surface area (Å²) in [5, 5.41) is 4.91. The predicted molar refractivity (Wildman–Crippen MR) is 104 cm³/mol. The van der Waals surface area contributed by atoms with E-state index in [1.807, 2.05) is 36.5 Å². The van der Waals surface area contributed by atoms with Crippen LogP contribution in [0.25, 0.3) is 10.9 Å². The lowest BCUT2D eigenvalue weighted by Gasteiger charge is -2.10. The number of nitrogens with one attached hydrogen (secondary N) is 1. The molecule has 0 fully saturated rings. The summed E-state index contributed by atoms with van der Waals surface area (Å²) in [5.41, 5.74) is 11.7. The minimum Gasteiger partial charge on any atom is -0.492 e. The fraction of sp³-hybridized carbons (Fsp3) is 0.200. The van der Waals surface area contributed by atoms with Crippen LogP contribution in [-0.4, -0.2) is 23.4 Å². The standard InChI is InChI=1S/C20H22N4O2/c1-14-7-8-17(11-15(14)2)26-10-9-24-13-16(12-22-23-20(21)25)18-5-3-4-6-19(18)24/h3-8,11-13H,9-10H2,1-2H3,(H3,21,23,25)/b22-12+. The van der Waals surface area contributed by atoms with E-state index in [0.29, 0.717) is 13.2 Å². The number of rotatable bonds is 6. The number of nitrogens with zero attached hydrogens (tertiary/aromatic N) is 2. The number of primary amides is 1. The molecule has 0 saturated heterocycles. The SMILES string of the molecule is Cc1ccc(OCCn2cc(/C=N/NC(N)=O)c3ccccc32)cc1C. The smallest absolute Gasteiger partial charge is 0.332 e. The van der Waals surface area contributed by atoms with Crippen molar-refractivity contribution in [2.75, 3.05) is 6.61 Å². The Morgan fingerprint density at radius 2 is 2.04 bits per heavy atom. The van der Waals surface area contributed by atoms with Crippen molar-refractivity contribution < 1.29 is 9.53 Å². The summed E-state index contributed by atoms with van der Waals surface area (Å²) in [7, 11) is 0. The summed E-state index contributed by atoms with van der Waals surface area (Å²) in [6, 6.07) is 13.4. The van der Waals surface area contributed by atoms with Crippen LogP contribution in [0.4, 0.5) is 4.79 Å². The van der Waals surface area contributed by atoms with Crippen LogP contribution in [0.2, 0.25) is 0 Å². The molecule has 1 aromatic heterocycles. The van der Waals surface area contributed by atoms with Gasteiger partial charge in [0.1, 0.15) is 12.4 Å². The van der Waals surface area contributed by atoms with Crippen molar-refractivity contribution in [3.8, 4) is 5.75 Å². The number of amides is 2. The lowest BCUT2D eigenvalue weighted by Crippen LogP contribution is -2.24. The number of aryl methyl sites for hydroxylation is 2. The molecule has 6 heteroatoms. The van der Waals surface area contributed by atoms with Crippen LogP contribution in [0.1, 0.15) is 16.7 Å². The summed E-state index contributed by atoms with van der Waals surface area (Å²) in [6.45, 7) is 5.41. The third-order valence-electron chi connectivity index (χ3n) is 4.28. The monoisotopic (exact) mass is 350 g/mol. The maximum atomic E-state index is 10.8. The van der Waals surface area contributed by atoms with Crippen molar-refractivity contribution in [2.24, 2.45) is 10.8 Å². The lowest BCUT2D eigenvalue weighted by atomic mass is 10.1. The van der Waals surface area contributed by atoms with Crippen LogP contribution in [0.15, 0.2) is 53.8 Å². The normalized spacial score (nSPS) is 11.2. The first-order chi connectivity index (χ1) is 12.5. The van der Waals surface area contributed by atoms with Gasteiger partial charge in [0.05, 0.1) is 12.8 Å². The van der Waals surface area contributed by atoms with Crippen LogP contribution in [-0.2, 0) is 6.54 Å². The van der Waals surface area contributed by atoms with Crippen LogP contribution in [0.5, 0.6) is 5.75 Å². The number of carbonyl (C=O) groups excluding carboxylic acids is 1. The predicted octanol–water partition coefficient (Wildman–Crippen LogP) is 3.34. The van der Waals surface area contributed by atoms with Gasteiger partial charge in [-0.15, -0.1) is 0 Å². The quantitative estimate of drug-likeness (QED) is 0.528. The molecule has 0 spiro atoms. The number of benzene rings is 2. The second-order valence-electron chi connectivity index (χ2n) is 6.12. The lowest BCUT2D eigenvalue weighted by molar-refractivity contribution is 0.249. The van der Waals surface area contributed by atoms with Gasteiger partial charge in [0, 0.05) is 22.7 Å². The van der Waals surface area contributed by atoms with Gasteiger partial charge in [0.15, 0.2) is 0 Å². The molecule has 1 heterocycles. The van der Waals surface area contributed by atoms with Crippen LogP contribution in [0.3, 0.4) is 0 Å². The highest BCUT2D eigenvalue weighted by Gasteiger charge is 2.07. The molecule has 0 radical (unpaired) electrons. The van der Waals surface area contributed by atoms with Gasteiger partial charge in [-0.3, -0.25) is 0 Å². The number of fused-ring (bicyclic) bond motifs is 1. The van der Waals surface area contributed by atoms with Gasteiger partial charge in [-0.2, -0.15) is 5.10 Å².